The van der Waals surface area contributed by atoms with E-state index >= 15 is 0 Å². The summed E-state index contributed by atoms with van der Waals surface area (Å²) < 4.78 is 13.0. The van der Waals surface area contributed by atoms with Gasteiger partial charge in [-0.25, -0.2) is 0 Å². The smallest absolute Gasteiger partial charge is 0.0311 e. The van der Waals surface area contributed by atoms with E-state index in [2.05, 4.69) is 100 Å². The Kier molecular flexibility index (Phi) is 10.5. The molecule has 0 atom stereocenters. The van der Waals surface area contributed by atoms with Crippen LogP contribution in [0.5, 0.6) is 5.75 Å². The van der Waals surface area contributed by atoms with E-state index in [0.717, 1.165) is 18.3 Å². The van der Waals surface area contributed by atoms with Gasteiger partial charge >= 0.3 is 106 Å². The number of aromatic nitrogens is 2. The Bertz CT molecular complexity index is 704. The molecule has 148 valence electrons. The summed E-state index contributed by atoms with van der Waals surface area (Å²) in [6.45, 7) is 0.893. The number of rotatable bonds is 4. The third-order valence-electron chi connectivity index (χ3n) is 4.57. The fourth-order valence-electron chi connectivity index (χ4n) is 2.99. The van der Waals surface area contributed by atoms with Gasteiger partial charge in [-0.05, 0) is 12.8 Å². The molecular formula is C19H27I2N3OPt. The molecule has 1 aliphatic rings. The van der Waals surface area contributed by atoms with Gasteiger partial charge < -0.3 is 0 Å². The number of ether oxygens (including phenoxy) is 1. The Labute approximate surface area is 195 Å². The van der Waals surface area contributed by atoms with Gasteiger partial charge in [0.2, 0.25) is 0 Å². The summed E-state index contributed by atoms with van der Waals surface area (Å²) in [6.07, 6.45) is 12.8. The van der Waals surface area contributed by atoms with E-state index < -0.39 is 0 Å². The van der Waals surface area contributed by atoms with E-state index in [-0.39, 0.29) is 0 Å². The minimum atomic E-state index is 0.851. The maximum atomic E-state index is 5.13. The summed E-state index contributed by atoms with van der Waals surface area (Å²) in [7, 11) is 3.73. The van der Waals surface area contributed by atoms with Crippen molar-refractivity contribution in [2.45, 2.75) is 51.1 Å². The van der Waals surface area contributed by atoms with Crippen molar-refractivity contribution in [3.8, 4) is 5.75 Å². The van der Waals surface area contributed by atoms with E-state index in [1.54, 1.807) is 7.11 Å². The van der Waals surface area contributed by atoms with Crippen LogP contribution in [0.1, 0.15) is 44.1 Å². The fourth-order valence-corrected chi connectivity index (χ4v) is 4.62. The largest absolute Gasteiger partial charge is 0.185 e. The van der Waals surface area contributed by atoms with Gasteiger partial charge in [-0.2, -0.15) is 1.33 Å². The molecule has 1 aliphatic carbocycles. The molecule has 3 rings (SSSR count). The van der Waals surface area contributed by atoms with E-state index in [4.69, 9.17) is 4.74 Å². The summed E-state index contributed by atoms with van der Waals surface area (Å²) in [4.78, 5) is 0. The number of benzene rings is 1. The molecule has 0 bridgehead atoms. The predicted molar refractivity (Wildman–Crippen MR) is 120 cm³/mol. The molecule has 1 fully saturated rings. The second-order valence-corrected chi connectivity index (χ2v) is 11.5. The van der Waals surface area contributed by atoms with Crippen molar-refractivity contribution in [2.75, 3.05) is 7.11 Å². The SMILES string of the molecule is COc1ccc(Cn2ccn(C)[c]2=[Pt])cc1.IN(I)C1CCCCCC1. The Hall–Kier alpha value is 0.338. The number of nitrogens with zero attached hydrogens (tertiary/aromatic N) is 3. The van der Waals surface area contributed by atoms with Crippen LogP contribution in [0.15, 0.2) is 36.7 Å². The Morgan fingerprint density at radius 1 is 1.08 bits per heavy atom. The van der Waals surface area contributed by atoms with Crippen molar-refractivity contribution in [2.24, 2.45) is 7.05 Å². The molecule has 0 aliphatic heterocycles. The van der Waals surface area contributed by atoms with Crippen LogP contribution in [0.3, 0.4) is 0 Å². The van der Waals surface area contributed by atoms with Crippen LogP contribution < -0.4 is 4.74 Å². The van der Waals surface area contributed by atoms with Gasteiger partial charge in [0.05, 0.1) is 0 Å². The molecule has 0 radical (unpaired) electrons. The first-order valence-electron chi connectivity index (χ1n) is 8.92. The van der Waals surface area contributed by atoms with Crippen LogP contribution in [-0.2, 0) is 32.9 Å². The Morgan fingerprint density at radius 2 is 1.69 bits per heavy atom. The molecule has 7 heteroatoms. The summed E-state index contributed by atoms with van der Waals surface area (Å²) in [5.74, 6) is 0.900. The molecule has 0 unspecified atom stereocenters. The van der Waals surface area contributed by atoms with E-state index in [9.17, 15) is 0 Å². The van der Waals surface area contributed by atoms with Crippen LogP contribution in [0.25, 0.3) is 0 Å². The van der Waals surface area contributed by atoms with Gasteiger partial charge in [0.25, 0.3) is 0 Å². The van der Waals surface area contributed by atoms with Gasteiger partial charge in [0, 0.05) is 51.8 Å². The molecule has 1 aromatic carbocycles. The normalized spacial score (nSPS) is 15.3. The standard InChI is InChI=1S/C12H14N2O.C7H13I2N.Pt/c1-13-7-8-14(10-13)9-11-3-5-12(15-2)6-4-11;8-10(9)7-5-3-1-2-4-6-7;/h3-8H,9H2,1-2H3;7H,1-6H2;. The zero-order valence-electron chi connectivity index (χ0n) is 15.3. The first kappa shape index (κ1) is 22.6. The van der Waals surface area contributed by atoms with Crippen LogP contribution in [-0.4, -0.2) is 23.6 Å². The third-order valence-corrected chi connectivity index (χ3v) is 7.60. The molecule has 0 saturated heterocycles. The van der Waals surface area contributed by atoms with E-state index in [1.807, 2.05) is 19.2 Å². The molecule has 0 spiro atoms. The fraction of sp³-hybridized carbons (Fsp3) is 0.526. The van der Waals surface area contributed by atoms with Crippen LogP contribution >= 0.6 is 45.7 Å². The van der Waals surface area contributed by atoms with E-state index in [0.29, 0.717) is 0 Å². The van der Waals surface area contributed by atoms with Crippen molar-refractivity contribution < 1.29 is 24.1 Å². The number of imidazole rings is 1. The van der Waals surface area contributed by atoms with Crippen LogP contribution in [0.4, 0.5) is 0 Å². The second kappa shape index (κ2) is 12.0. The quantitative estimate of drug-likeness (QED) is 0.228. The summed E-state index contributed by atoms with van der Waals surface area (Å²) in [5, 5.41) is 0. The zero-order chi connectivity index (χ0) is 18.9. The number of hydrogen-bond acceptors (Lipinski definition) is 2. The summed E-state index contributed by atoms with van der Waals surface area (Å²) in [5.41, 5.74) is 1.27. The van der Waals surface area contributed by atoms with Crippen molar-refractivity contribution in [1.82, 2.24) is 10.5 Å². The molecule has 1 saturated carbocycles. The topological polar surface area (TPSA) is 22.3 Å². The first-order chi connectivity index (χ1) is 12.5. The van der Waals surface area contributed by atoms with Gasteiger partial charge in [0.1, 0.15) is 0 Å². The third kappa shape index (κ3) is 7.40. The number of halogens is 2. The minimum Gasteiger partial charge on any atom is -0.185 e. The first-order valence-corrected chi connectivity index (χ1v) is 12.0. The molecular weight excluding hydrogens is 735 g/mol. The zero-order valence-corrected chi connectivity index (χ0v) is 21.9. The van der Waals surface area contributed by atoms with Crippen LogP contribution in [0.2, 0.25) is 0 Å². The maximum absolute atomic E-state index is 5.13. The Morgan fingerprint density at radius 3 is 2.15 bits per heavy atom. The summed E-state index contributed by atoms with van der Waals surface area (Å²) >= 11 is 7.12. The maximum Gasteiger partial charge on any atom is 0.0311 e. The Balaban J connectivity index is 0.000000209. The monoisotopic (exact) mass is 762 g/mol. The molecule has 0 amide bonds. The van der Waals surface area contributed by atoms with Crippen molar-refractivity contribution in [3.63, 3.8) is 0 Å². The number of methoxy groups -OCH3 is 1. The number of aryl methyl sites for hydroxylation is 1. The van der Waals surface area contributed by atoms with E-state index in [1.165, 1.54) is 47.9 Å². The summed E-state index contributed by atoms with van der Waals surface area (Å²) in [6, 6.07) is 9.02. The molecule has 1 aromatic heterocycles. The molecule has 4 nitrogen and oxygen atoms in total. The molecule has 2 aromatic rings. The predicted octanol–water partition coefficient (Wildman–Crippen LogP) is 5.67. The second-order valence-electron chi connectivity index (χ2n) is 6.53. The van der Waals surface area contributed by atoms with Crippen molar-refractivity contribution in [1.29, 1.82) is 0 Å². The molecule has 1 heterocycles. The van der Waals surface area contributed by atoms with Gasteiger partial charge in [0.15, 0.2) is 0 Å². The van der Waals surface area contributed by atoms with Crippen molar-refractivity contribution >= 4 is 45.7 Å². The van der Waals surface area contributed by atoms with Crippen molar-refractivity contribution in [3.05, 3.63) is 46.0 Å². The average Bonchev–Trinajstić information content (AvgIpc) is 2.87. The number of hydrogen-bond donors (Lipinski definition) is 0. The molecule has 26 heavy (non-hydrogen) atoms. The van der Waals surface area contributed by atoms with Gasteiger partial charge in [-0.15, -0.1) is 0 Å². The van der Waals surface area contributed by atoms with Crippen LogP contribution in [0, 0.1) is 3.80 Å². The van der Waals surface area contributed by atoms with Gasteiger partial charge in [-0.3, -0.25) is 0 Å². The minimum absolute atomic E-state index is 0.851. The van der Waals surface area contributed by atoms with Gasteiger partial charge in [-0.1, -0.05) is 25.7 Å². The average molecular weight is 762 g/mol. The molecule has 0 N–H and O–H groups in total.